The van der Waals surface area contributed by atoms with Gasteiger partial charge >= 0.3 is 0 Å². The Labute approximate surface area is 74.5 Å². The summed E-state index contributed by atoms with van der Waals surface area (Å²) in [4.78, 5) is 1.62. The summed E-state index contributed by atoms with van der Waals surface area (Å²) in [5, 5.41) is 0.809. The van der Waals surface area contributed by atoms with E-state index in [-0.39, 0.29) is 0 Å². The molecule has 1 aliphatic rings. The number of allylic oxidation sites excluding steroid dienone is 2. The fourth-order valence-corrected chi connectivity index (χ4v) is 3.06. The predicted molar refractivity (Wildman–Crippen MR) is 53.8 cm³/mol. The molecule has 0 aromatic heterocycles. The Morgan fingerprint density at radius 2 is 1.91 bits per heavy atom. The second-order valence-corrected chi connectivity index (χ2v) is 5.94. The molecule has 0 amide bonds. The zero-order valence-corrected chi connectivity index (χ0v) is 9.01. The lowest BCUT2D eigenvalue weighted by Crippen LogP contribution is -2.06. The van der Waals surface area contributed by atoms with Crippen LogP contribution in [0.5, 0.6) is 0 Å². The van der Waals surface area contributed by atoms with Gasteiger partial charge < -0.3 is 0 Å². The molecule has 0 aromatic rings. The Kier molecular flexibility index (Phi) is 2.38. The maximum absolute atomic E-state index is 2.31. The average molecular weight is 170 g/mol. The van der Waals surface area contributed by atoms with Crippen molar-refractivity contribution in [2.75, 3.05) is 0 Å². The van der Waals surface area contributed by atoms with Gasteiger partial charge in [-0.1, -0.05) is 33.3 Å². The Hall–Kier alpha value is 0.0900. The van der Waals surface area contributed by atoms with E-state index in [2.05, 4.69) is 46.4 Å². The summed E-state index contributed by atoms with van der Waals surface area (Å²) in [6.07, 6.45) is 1.29. The van der Waals surface area contributed by atoms with E-state index in [0.29, 0.717) is 5.41 Å². The number of rotatable bonds is 0. The van der Waals surface area contributed by atoms with Crippen molar-refractivity contribution in [1.82, 2.24) is 0 Å². The first kappa shape index (κ1) is 9.18. The molecule has 1 atom stereocenters. The van der Waals surface area contributed by atoms with Crippen molar-refractivity contribution in [3.8, 4) is 0 Å². The van der Waals surface area contributed by atoms with E-state index in [9.17, 15) is 0 Å². The molecule has 11 heavy (non-hydrogen) atoms. The highest BCUT2D eigenvalue weighted by Crippen LogP contribution is 2.46. The van der Waals surface area contributed by atoms with E-state index in [0.717, 1.165) is 5.25 Å². The normalized spacial score (nSPS) is 26.5. The lowest BCUT2D eigenvalue weighted by molar-refractivity contribution is 0.529. The first-order chi connectivity index (χ1) is 4.91. The van der Waals surface area contributed by atoms with Crippen LogP contribution < -0.4 is 0 Å². The summed E-state index contributed by atoms with van der Waals surface area (Å²) in [7, 11) is 0. The smallest absolute Gasteiger partial charge is 0.0100 e. The quantitative estimate of drug-likeness (QED) is 0.532. The van der Waals surface area contributed by atoms with Crippen molar-refractivity contribution >= 4 is 11.8 Å². The van der Waals surface area contributed by atoms with Crippen molar-refractivity contribution in [3.63, 3.8) is 0 Å². The molecule has 0 spiro atoms. The summed E-state index contributed by atoms with van der Waals surface area (Å²) in [6.45, 7) is 11.5. The van der Waals surface area contributed by atoms with Gasteiger partial charge in [-0.2, -0.15) is 0 Å². The summed E-state index contributed by atoms with van der Waals surface area (Å²) >= 11 is 2.06. The van der Waals surface area contributed by atoms with Crippen LogP contribution >= 0.6 is 11.8 Å². The molecule has 1 heteroatoms. The van der Waals surface area contributed by atoms with Crippen LogP contribution in [-0.4, -0.2) is 5.25 Å². The molecular weight excluding hydrogens is 152 g/mol. The Balaban J connectivity index is 2.80. The molecule has 1 unspecified atom stereocenters. The van der Waals surface area contributed by atoms with Crippen molar-refractivity contribution in [2.45, 2.75) is 46.3 Å². The predicted octanol–water partition coefficient (Wildman–Crippen LogP) is 3.83. The molecule has 1 aliphatic heterocycles. The summed E-state index contributed by atoms with van der Waals surface area (Å²) < 4.78 is 0. The van der Waals surface area contributed by atoms with Gasteiger partial charge in [0.15, 0.2) is 0 Å². The largest absolute Gasteiger partial charge is 0.127 e. The molecule has 1 heterocycles. The number of hydrogen-bond donors (Lipinski definition) is 0. The molecule has 0 saturated carbocycles. The second-order valence-electron chi connectivity index (χ2n) is 4.49. The van der Waals surface area contributed by atoms with Gasteiger partial charge in [0.2, 0.25) is 0 Å². The van der Waals surface area contributed by atoms with E-state index in [1.165, 1.54) is 6.42 Å². The summed E-state index contributed by atoms with van der Waals surface area (Å²) in [5.41, 5.74) is 1.98. The lowest BCUT2D eigenvalue weighted by Gasteiger charge is -2.21. The SMILES string of the molecule is CC1=C(C(C)(C)C)SC(C)C1. The first-order valence-electron chi connectivity index (χ1n) is 4.28. The van der Waals surface area contributed by atoms with E-state index >= 15 is 0 Å². The number of thioether (sulfide) groups is 1. The highest BCUT2D eigenvalue weighted by Gasteiger charge is 2.27. The van der Waals surface area contributed by atoms with E-state index in [1.54, 1.807) is 10.5 Å². The van der Waals surface area contributed by atoms with Gasteiger partial charge in [0, 0.05) is 5.25 Å². The topological polar surface area (TPSA) is 0 Å². The van der Waals surface area contributed by atoms with E-state index < -0.39 is 0 Å². The van der Waals surface area contributed by atoms with Gasteiger partial charge in [-0.05, 0) is 23.7 Å². The van der Waals surface area contributed by atoms with Crippen molar-refractivity contribution in [2.24, 2.45) is 5.41 Å². The van der Waals surface area contributed by atoms with Crippen molar-refractivity contribution in [1.29, 1.82) is 0 Å². The maximum Gasteiger partial charge on any atom is 0.0100 e. The summed E-state index contributed by atoms with van der Waals surface area (Å²) in [6, 6.07) is 0. The third-order valence-corrected chi connectivity index (χ3v) is 3.75. The zero-order chi connectivity index (χ0) is 8.65. The Morgan fingerprint density at radius 3 is 2.09 bits per heavy atom. The molecule has 0 fully saturated rings. The van der Waals surface area contributed by atoms with Crippen LogP contribution in [0.15, 0.2) is 10.5 Å². The van der Waals surface area contributed by atoms with Crippen LogP contribution in [0.2, 0.25) is 0 Å². The third kappa shape index (κ3) is 2.02. The van der Waals surface area contributed by atoms with Gasteiger partial charge in [0.05, 0.1) is 0 Å². The van der Waals surface area contributed by atoms with Crippen LogP contribution in [-0.2, 0) is 0 Å². The molecule has 0 nitrogen and oxygen atoms in total. The Bertz CT molecular complexity index is 184. The molecule has 1 rings (SSSR count). The molecule has 0 bridgehead atoms. The lowest BCUT2D eigenvalue weighted by atomic mass is 9.92. The van der Waals surface area contributed by atoms with E-state index in [4.69, 9.17) is 0 Å². The van der Waals surface area contributed by atoms with Crippen LogP contribution in [0.3, 0.4) is 0 Å². The molecule has 0 aromatic carbocycles. The number of hydrogen-bond acceptors (Lipinski definition) is 1. The van der Waals surface area contributed by atoms with Gasteiger partial charge in [-0.3, -0.25) is 0 Å². The molecule has 0 N–H and O–H groups in total. The fraction of sp³-hybridized carbons (Fsp3) is 0.800. The minimum atomic E-state index is 0.375. The summed E-state index contributed by atoms with van der Waals surface area (Å²) in [5.74, 6) is 0. The van der Waals surface area contributed by atoms with Gasteiger partial charge in [-0.15, -0.1) is 11.8 Å². The molecular formula is C10H18S. The minimum Gasteiger partial charge on any atom is -0.127 e. The zero-order valence-electron chi connectivity index (χ0n) is 8.19. The highest BCUT2D eigenvalue weighted by molar-refractivity contribution is 8.04. The van der Waals surface area contributed by atoms with E-state index in [1.807, 2.05) is 0 Å². The molecule has 0 radical (unpaired) electrons. The molecule has 64 valence electrons. The standard InChI is InChI=1S/C10H18S/c1-7-6-8(2)11-9(7)10(3,4)5/h8H,6H2,1-5H3. The minimum absolute atomic E-state index is 0.375. The first-order valence-corrected chi connectivity index (χ1v) is 5.16. The van der Waals surface area contributed by atoms with Gasteiger partial charge in [0.25, 0.3) is 0 Å². The van der Waals surface area contributed by atoms with Crippen LogP contribution in [0, 0.1) is 5.41 Å². The monoisotopic (exact) mass is 170 g/mol. The fourth-order valence-electron chi connectivity index (χ4n) is 1.68. The molecule has 0 saturated heterocycles. The van der Waals surface area contributed by atoms with Crippen LogP contribution in [0.4, 0.5) is 0 Å². The third-order valence-electron chi connectivity index (χ3n) is 1.98. The van der Waals surface area contributed by atoms with Crippen LogP contribution in [0.1, 0.15) is 41.0 Å². The van der Waals surface area contributed by atoms with Crippen molar-refractivity contribution < 1.29 is 0 Å². The van der Waals surface area contributed by atoms with Crippen LogP contribution in [0.25, 0.3) is 0 Å². The second kappa shape index (κ2) is 2.85. The van der Waals surface area contributed by atoms with Gasteiger partial charge in [0.1, 0.15) is 0 Å². The Morgan fingerprint density at radius 1 is 1.36 bits per heavy atom. The van der Waals surface area contributed by atoms with Crippen molar-refractivity contribution in [3.05, 3.63) is 10.5 Å². The van der Waals surface area contributed by atoms with Gasteiger partial charge in [-0.25, -0.2) is 0 Å². The highest BCUT2D eigenvalue weighted by atomic mass is 32.2. The maximum atomic E-state index is 2.31. The average Bonchev–Trinajstić information content (AvgIpc) is 2.08. The molecule has 0 aliphatic carbocycles.